The number of aromatic nitrogens is 2. The van der Waals surface area contributed by atoms with E-state index >= 15 is 0 Å². The number of H-pyrrole nitrogens is 1. The summed E-state index contributed by atoms with van der Waals surface area (Å²) in [7, 11) is 0. The van der Waals surface area contributed by atoms with Crippen LogP contribution in [0.5, 0.6) is 0 Å². The number of benzene rings is 2. The Morgan fingerprint density at radius 2 is 1.69 bits per heavy atom. The predicted octanol–water partition coefficient (Wildman–Crippen LogP) is 3.40. The number of rotatable bonds is 6. The van der Waals surface area contributed by atoms with Gasteiger partial charge in [-0.2, -0.15) is 0 Å². The van der Waals surface area contributed by atoms with Crippen molar-refractivity contribution in [3.63, 3.8) is 0 Å². The molecular weight excluding hydrogens is 433 g/mol. The number of halogens is 1. The van der Waals surface area contributed by atoms with Crippen LogP contribution in [0.1, 0.15) is 27.0 Å². The molecule has 0 saturated carbocycles. The van der Waals surface area contributed by atoms with Gasteiger partial charge in [0.05, 0.1) is 5.75 Å². The lowest BCUT2D eigenvalue weighted by atomic mass is 10.1. The molecule has 8 nitrogen and oxygen atoms in total. The lowest BCUT2D eigenvalue weighted by molar-refractivity contribution is -0.113. The SMILES string of the molecule is Cc1cc(C)c(NC(=O)CSc2nc(N)c(NC(=O)c3ccc(F)cc3)c(=O)[nH]2)c(C)c1. The monoisotopic (exact) mass is 455 g/mol. The second-order valence-corrected chi connectivity index (χ2v) is 8.17. The zero-order chi connectivity index (χ0) is 23.4. The van der Waals surface area contributed by atoms with Crippen LogP contribution in [0, 0.1) is 26.6 Å². The second kappa shape index (κ2) is 9.65. The van der Waals surface area contributed by atoms with Gasteiger partial charge in [0, 0.05) is 11.3 Å². The molecule has 2 amide bonds. The molecule has 2 aromatic carbocycles. The highest BCUT2D eigenvalue weighted by Crippen LogP contribution is 2.23. The van der Waals surface area contributed by atoms with Crippen LogP contribution in [-0.2, 0) is 4.79 Å². The van der Waals surface area contributed by atoms with Gasteiger partial charge in [0.2, 0.25) is 5.91 Å². The first kappa shape index (κ1) is 23.0. The highest BCUT2D eigenvalue weighted by Gasteiger charge is 2.15. The molecule has 3 aromatic rings. The Balaban J connectivity index is 1.66. The van der Waals surface area contributed by atoms with Crippen molar-refractivity contribution in [3.05, 3.63) is 74.8 Å². The molecule has 3 rings (SSSR count). The van der Waals surface area contributed by atoms with E-state index in [1.165, 1.54) is 12.1 Å². The van der Waals surface area contributed by atoms with Gasteiger partial charge < -0.3 is 16.4 Å². The van der Waals surface area contributed by atoms with Crippen LogP contribution in [0.3, 0.4) is 0 Å². The number of nitrogens with two attached hydrogens (primary N) is 1. The zero-order valence-corrected chi connectivity index (χ0v) is 18.5. The van der Waals surface area contributed by atoms with Crippen molar-refractivity contribution in [3.8, 4) is 0 Å². The molecule has 1 heterocycles. The summed E-state index contributed by atoms with van der Waals surface area (Å²) in [4.78, 5) is 43.5. The molecule has 166 valence electrons. The maximum absolute atomic E-state index is 13.0. The zero-order valence-electron chi connectivity index (χ0n) is 17.7. The number of carbonyl (C=O) groups is 2. The number of hydrogen-bond acceptors (Lipinski definition) is 6. The number of amides is 2. The summed E-state index contributed by atoms with van der Waals surface area (Å²) < 4.78 is 13.0. The molecule has 5 N–H and O–H groups in total. The highest BCUT2D eigenvalue weighted by molar-refractivity contribution is 7.99. The summed E-state index contributed by atoms with van der Waals surface area (Å²) >= 11 is 1.00. The smallest absolute Gasteiger partial charge is 0.277 e. The lowest BCUT2D eigenvalue weighted by Gasteiger charge is -2.13. The van der Waals surface area contributed by atoms with Crippen LogP contribution in [0.25, 0.3) is 0 Å². The van der Waals surface area contributed by atoms with Gasteiger partial charge in [0.25, 0.3) is 11.5 Å². The molecule has 0 fully saturated rings. The molecule has 10 heteroatoms. The molecule has 0 unspecified atom stereocenters. The van der Waals surface area contributed by atoms with Gasteiger partial charge in [-0.15, -0.1) is 0 Å². The number of thioether (sulfide) groups is 1. The predicted molar refractivity (Wildman–Crippen MR) is 124 cm³/mol. The first-order chi connectivity index (χ1) is 15.1. The van der Waals surface area contributed by atoms with E-state index in [-0.39, 0.29) is 33.9 Å². The van der Waals surface area contributed by atoms with Crippen molar-refractivity contribution in [2.75, 3.05) is 22.1 Å². The van der Waals surface area contributed by atoms with Crippen LogP contribution in [0.4, 0.5) is 21.6 Å². The quantitative estimate of drug-likeness (QED) is 0.333. The molecule has 0 aliphatic rings. The number of aromatic amines is 1. The molecule has 0 aliphatic carbocycles. The van der Waals surface area contributed by atoms with Gasteiger partial charge in [-0.3, -0.25) is 19.4 Å². The van der Waals surface area contributed by atoms with E-state index in [0.717, 1.165) is 46.3 Å². The average Bonchev–Trinajstić information content (AvgIpc) is 2.72. The number of nitrogens with zero attached hydrogens (tertiary/aromatic N) is 1. The first-order valence-electron chi connectivity index (χ1n) is 9.61. The Hall–Kier alpha value is -3.66. The number of nitrogen functional groups attached to an aromatic ring is 1. The maximum atomic E-state index is 13.0. The number of aryl methyl sites for hydroxylation is 3. The highest BCUT2D eigenvalue weighted by atomic mass is 32.2. The molecule has 0 spiro atoms. The summed E-state index contributed by atoms with van der Waals surface area (Å²) in [5, 5.41) is 5.38. The van der Waals surface area contributed by atoms with Gasteiger partial charge in [-0.05, 0) is 56.2 Å². The van der Waals surface area contributed by atoms with Crippen molar-refractivity contribution < 1.29 is 14.0 Å². The van der Waals surface area contributed by atoms with Crippen LogP contribution >= 0.6 is 11.8 Å². The van der Waals surface area contributed by atoms with Crippen LogP contribution in [0.15, 0.2) is 46.3 Å². The average molecular weight is 456 g/mol. The van der Waals surface area contributed by atoms with Crippen molar-refractivity contribution in [2.45, 2.75) is 25.9 Å². The number of hydrogen-bond donors (Lipinski definition) is 4. The van der Waals surface area contributed by atoms with Gasteiger partial charge >= 0.3 is 0 Å². The largest absolute Gasteiger partial charge is 0.382 e. The molecule has 0 aliphatic heterocycles. The van der Waals surface area contributed by atoms with Gasteiger partial charge in [-0.25, -0.2) is 9.37 Å². The number of nitrogens with one attached hydrogen (secondary N) is 3. The molecular formula is C22H22FN5O3S. The Kier molecular flexibility index (Phi) is 6.94. The van der Waals surface area contributed by atoms with Gasteiger partial charge in [-0.1, -0.05) is 29.5 Å². The summed E-state index contributed by atoms with van der Waals surface area (Å²) in [6.07, 6.45) is 0. The number of carbonyl (C=O) groups excluding carboxylic acids is 2. The molecule has 32 heavy (non-hydrogen) atoms. The Morgan fingerprint density at radius 3 is 2.28 bits per heavy atom. The van der Waals surface area contributed by atoms with Crippen LogP contribution in [-0.4, -0.2) is 27.5 Å². The topological polar surface area (TPSA) is 130 Å². The third-order valence-corrected chi connectivity index (χ3v) is 5.43. The fourth-order valence-electron chi connectivity index (χ4n) is 3.13. The molecule has 0 radical (unpaired) electrons. The van der Waals surface area contributed by atoms with E-state index in [1.807, 2.05) is 32.9 Å². The Labute approximate surface area is 187 Å². The third kappa shape index (κ3) is 5.52. The normalized spacial score (nSPS) is 10.6. The number of anilines is 3. The van der Waals surface area contributed by atoms with Gasteiger partial charge in [0.1, 0.15) is 11.5 Å². The first-order valence-corrected chi connectivity index (χ1v) is 10.6. The van der Waals surface area contributed by atoms with E-state index in [1.54, 1.807) is 0 Å². The second-order valence-electron chi connectivity index (χ2n) is 7.20. The van der Waals surface area contributed by atoms with E-state index in [2.05, 4.69) is 20.6 Å². The fourth-order valence-corrected chi connectivity index (χ4v) is 3.80. The Bertz CT molecular complexity index is 1220. The van der Waals surface area contributed by atoms with Crippen molar-refractivity contribution in [1.82, 2.24) is 9.97 Å². The molecule has 0 saturated heterocycles. The summed E-state index contributed by atoms with van der Waals surface area (Å²) in [5.74, 6) is -1.58. The van der Waals surface area contributed by atoms with Crippen molar-refractivity contribution in [2.24, 2.45) is 0 Å². The van der Waals surface area contributed by atoms with Gasteiger partial charge in [0.15, 0.2) is 11.0 Å². The van der Waals surface area contributed by atoms with Crippen molar-refractivity contribution >= 4 is 40.8 Å². The minimum absolute atomic E-state index is 0.00355. The third-order valence-electron chi connectivity index (χ3n) is 4.55. The maximum Gasteiger partial charge on any atom is 0.277 e. The standard InChI is InChI=1S/C22H22FN5O3S/c1-11-8-12(2)17(13(3)9-11)25-16(29)10-32-22-27-19(24)18(21(31)28-22)26-20(30)14-4-6-15(23)7-5-14/h4-9H,10H2,1-3H3,(H,25,29)(H,26,30)(H3,24,27,28,31). The minimum Gasteiger partial charge on any atom is -0.382 e. The summed E-state index contributed by atoms with van der Waals surface area (Å²) in [6.45, 7) is 5.82. The molecule has 1 aromatic heterocycles. The molecule has 0 atom stereocenters. The Morgan fingerprint density at radius 1 is 1.06 bits per heavy atom. The van der Waals surface area contributed by atoms with E-state index in [4.69, 9.17) is 5.73 Å². The minimum atomic E-state index is -0.666. The van der Waals surface area contributed by atoms with Crippen LogP contribution in [0.2, 0.25) is 0 Å². The summed E-state index contributed by atoms with van der Waals surface area (Å²) in [6, 6.07) is 8.78. The molecule has 0 bridgehead atoms. The van der Waals surface area contributed by atoms with E-state index < -0.39 is 17.3 Å². The van der Waals surface area contributed by atoms with E-state index in [0.29, 0.717) is 0 Å². The van der Waals surface area contributed by atoms with E-state index in [9.17, 15) is 18.8 Å². The van der Waals surface area contributed by atoms with Crippen LogP contribution < -0.4 is 21.9 Å². The van der Waals surface area contributed by atoms with Crippen molar-refractivity contribution in [1.29, 1.82) is 0 Å². The fraction of sp³-hybridized carbons (Fsp3) is 0.182. The lowest BCUT2D eigenvalue weighted by Crippen LogP contribution is -2.23. The summed E-state index contributed by atoms with van der Waals surface area (Å²) in [5.41, 5.74) is 8.87.